The van der Waals surface area contributed by atoms with Crippen molar-refractivity contribution in [2.24, 2.45) is 5.10 Å². The summed E-state index contributed by atoms with van der Waals surface area (Å²) in [4.78, 5) is 32.5. The van der Waals surface area contributed by atoms with Gasteiger partial charge in [0.25, 0.3) is 11.2 Å². The summed E-state index contributed by atoms with van der Waals surface area (Å²) in [5.74, 6) is 1.16. The van der Waals surface area contributed by atoms with Crippen LogP contribution in [0, 0.1) is 10.1 Å². The van der Waals surface area contributed by atoms with E-state index in [-0.39, 0.29) is 22.9 Å². The maximum Gasteiger partial charge on any atom is 0.287 e. The molecule has 37 heavy (non-hydrogen) atoms. The molecular weight excluding hydrogens is 474 g/mol. The van der Waals surface area contributed by atoms with Gasteiger partial charge in [-0.1, -0.05) is 48.5 Å². The van der Waals surface area contributed by atoms with E-state index in [2.05, 4.69) is 10.1 Å². The maximum atomic E-state index is 13.4. The monoisotopic (exact) mass is 493 g/mol. The van der Waals surface area contributed by atoms with Crippen LogP contribution in [0.2, 0.25) is 0 Å². The second-order valence-electron chi connectivity index (χ2n) is 7.77. The highest BCUT2D eigenvalue weighted by Gasteiger charge is 2.15. The van der Waals surface area contributed by atoms with Gasteiger partial charge in [-0.25, -0.2) is 9.97 Å². The van der Waals surface area contributed by atoms with Crippen LogP contribution in [0.1, 0.15) is 5.56 Å². The molecule has 0 unspecified atom stereocenters. The van der Waals surface area contributed by atoms with Crippen LogP contribution >= 0.6 is 0 Å². The second kappa shape index (κ2) is 10.1. The van der Waals surface area contributed by atoms with Crippen molar-refractivity contribution in [2.45, 2.75) is 0 Å². The minimum Gasteiger partial charge on any atom is -0.493 e. The standard InChI is InChI=1S/C27H19N5O5/c1-36-23-13-7-10-19(25(23)37-24-15-14-20(17-28-24)32(34)35)16-29-31-26(18-8-3-2-4-9-18)30-22-12-6-5-11-21(22)27(31)33/h2-17H,1H3. The van der Waals surface area contributed by atoms with E-state index in [9.17, 15) is 14.9 Å². The van der Waals surface area contributed by atoms with Gasteiger partial charge >= 0.3 is 0 Å². The lowest BCUT2D eigenvalue weighted by atomic mass is 10.2. The number of fused-ring (bicyclic) bond motifs is 1. The lowest BCUT2D eigenvalue weighted by molar-refractivity contribution is -0.385. The molecule has 0 fully saturated rings. The van der Waals surface area contributed by atoms with Crippen molar-refractivity contribution >= 4 is 22.8 Å². The quantitative estimate of drug-likeness (QED) is 0.177. The first kappa shape index (κ1) is 23.4. The third kappa shape index (κ3) is 4.76. The zero-order valence-electron chi connectivity index (χ0n) is 19.5. The second-order valence-corrected chi connectivity index (χ2v) is 7.77. The van der Waals surface area contributed by atoms with Gasteiger partial charge in [0.05, 0.1) is 29.2 Å². The fourth-order valence-corrected chi connectivity index (χ4v) is 3.67. The molecule has 3 aromatic carbocycles. The zero-order valence-corrected chi connectivity index (χ0v) is 19.5. The smallest absolute Gasteiger partial charge is 0.287 e. The summed E-state index contributed by atoms with van der Waals surface area (Å²) in [5.41, 5.74) is 1.28. The van der Waals surface area contributed by atoms with Crippen molar-refractivity contribution in [2.75, 3.05) is 7.11 Å². The van der Waals surface area contributed by atoms with E-state index in [1.165, 1.54) is 30.1 Å². The summed E-state index contributed by atoms with van der Waals surface area (Å²) in [6.07, 6.45) is 2.57. The van der Waals surface area contributed by atoms with Crippen LogP contribution in [0.3, 0.4) is 0 Å². The average Bonchev–Trinajstić information content (AvgIpc) is 2.94. The first-order chi connectivity index (χ1) is 18.0. The van der Waals surface area contributed by atoms with Crippen LogP contribution in [-0.4, -0.2) is 32.9 Å². The molecule has 0 radical (unpaired) electrons. The molecule has 0 aliphatic rings. The molecule has 0 bridgehead atoms. The van der Waals surface area contributed by atoms with Crippen molar-refractivity contribution < 1.29 is 14.4 Å². The minimum atomic E-state index is -0.544. The molecule has 0 aliphatic carbocycles. The van der Waals surface area contributed by atoms with Gasteiger partial charge in [0.1, 0.15) is 6.20 Å². The summed E-state index contributed by atoms with van der Waals surface area (Å²) in [5, 5.41) is 15.9. The van der Waals surface area contributed by atoms with Crippen LogP contribution in [0.25, 0.3) is 22.3 Å². The minimum absolute atomic E-state index is 0.124. The molecule has 10 nitrogen and oxygen atoms in total. The molecular formula is C27H19N5O5. The maximum absolute atomic E-state index is 13.4. The molecule has 0 saturated heterocycles. The lowest BCUT2D eigenvalue weighted by Crippen LogP contribution is -2.20. The molecule has 182 valence electrons. The molecule has 10 heteroatoms. The predicted octanol–water partition coefficient (Wildman–Crippen LogP) is 5.05. The number of methoxy groups -OCH3 is 1. The number of ether oxygens (including phenoxy) is 2. The predicted molar refractivity (Wildman–Crippen MR) is 138 cm³/mol. The van der Waals surface area contributed by atoms with Crippen LogP contribution in [0.4, 0.5) is 5.69 Å². The molecule has 0 saturated carbocycles. The Balaban J connectivity index is 1.61. The van der Waals surface area contributed by atoms with E-state index in [1.54, 1.807) is 36.4 Å². The molecule has 0 aliphatic heterocycles. The van der Waals surface area contributed by atoms with Crippen LogP contribution < -0.4 is 15.0 Å². The number of hydrogen-bond acceptors (Lipinski definition) is 8. The van der Waals surface area contributed by atoms with E-state index >= 15 is 0 Å². The highest BCUT2D eigenvalue weighted by atomic mass is 16.6. The van der Waals surface area contributed by atoms with Gasteiger partial charge in [0, 0.05) is 23.3 Å². The zero-order chi connectivity index (χ0) is 25.8. The number of nitrogens with zero attached hydrogens (tertiary/aromatic N) is 5. The van der Waals surface area contributed by atoms with Gasteiger partial charge < -0.3 is 9.47 Å². The molecule has 0 amide bonds. The van der Waals surface area contributed by atoms with Gasteiger partial charge in [-0.15, -0.1) is 0 Å². The van der Waals surface area contributed by atoms with E-state index in [0.29, 0.717) is 28.0 Å². The Morgan fingerprint density at radius 1 is 0.973 bits per heavy atom. The van der Waals surface area contributed by atoms with E-state index < -0.39 is 4.92 Å². The third-order valence-electron chi connectivity index (χ3n) is 5.47. The van der Waals surface area contributed by atoms with Gasteiger partial charge in [0.15, 0.2) is 17.3 Å². The number of nitro groups is 1. The topological polar surface area (TPSA) is 122 Å². The van der Waals surface area contributed by atoms with Gasteiger partial charge in [0.2, 0.25) is 5.88 Å². The number of benzene rings is 3. The SMILES string of the molecule is COc1cccc(C=Nn2c(-c3ccccc3)nc3ccccc3c2=O)c1Oc1ccc([N+](=O)[O-])cn1. The highest BCUT2D eigenvalue weighted by Crippen LogP contribution is 2.34. The van der Waals surface area contributed by atoms with Crippen LogP contribution in [0.15, 0.2) is 101 Å². The molecule has 0 N–H and O–H groups in total. The van der Waals surface area contributed by atoms with Crippen molar-refractivity contribution in [1.82, 2.24) is 14.6 Å². The average molecular weight is 493 g/mol. The summed E-state index contributed by atoms with van der Waals surface area (Å²) < 4.78 is 12.6. The Labute approximate surface area is 210 Å². The van der Waals surface area contributed by atoms with Crippen LogP contribution in [0.5, 0.6) is 17.4 Å². The van der Waals surface area contributed by atoms with Crippen molar-refractivity contribution in [3.05, 3.63) is 117 Å². The van der Waals surface area contributed by atoms with Crippen molar-refractivity contribution in [1.29, 1.82) is 0 Å². The Hall–Kier alpha value is -5.38. The Morgan fingerprint density at radius 3 is 2.49 bits per heavy atom. The number of hydrogen-bond donors (Lipinski definition) is 0. The molecule has 2 heterocycles. The fourth-order valence-electron chi connectivity index (χ4n) is 3.67. The number of aromatic nitrogens is 3. The molecule has 0 atom stereocenters. The van der Waals surface area contributed by atoms with Crippen LogP contribution in [-0.2, 0) is 0 Å². The summed E-state index contributed by atoms with van der Waals surface area (Å²) >= 11 is 0. The Bertz CT molecular complexity index is 1680. The highest BCUT2D eigenvalue weighted by molar-refractivity contribution is 5.86. The Kier molecular flexibility index (Phi) is 6.37. The lowest BCUT2D eigenvalue weighted by Gasteiger charge is -2.13. The summed E-state index contributed by atoms with van der Waals surface area (Å²) in [6.45, 7) is 0. The van der Waals surface area contributed by atoms with Gasteiger partial charge in [-0.05, 0) is 24.3 Å². The van der Waals surface area contributed by atoms with E-state index in [4.69, 9.17) is 14.5 Å². The number of rotatable bonds is 7. The van der Waals surface area contributed by atoms with E-state index in [0.717, 1.165) is 11.8 Å². The normalized spacial score (nSPS) is 11.1. The van der Waals surface area contributed by atoms with Gasteiger partial charge in [-0.2, -0.15) is 9.78 Å². The van der Waals surface area contributed by atoms with Gasteiger partial charge in [-0.3, -0.25) is 14.9 Å². The summed E-state index contributed by atoms with van der Waals surface area (Å²) in [6, 6.07) is 24.2. The molecule has 2 aromatic heterocycles. The van der Waals surface area contributed by atoms with E-state index in [1.807, 2.05) is 36.4 Å². The molecule has 0 spiro atoms. The fraction of sp³-hybridized carbons (Fsp3) is 0.0370. The molecule has 5 rings (SSSR count). The number of para-hydroxylation sites is 2. The first-order valence-electron chi connectivity index (χ1n) is 11.1. The number of pyridine rings is 1. The first-order valence-corrected chi connectivity index (χ1v) is 11.1. The van der Waals surface area contributed by atoms with Crippen molar-refractivity contribution in [3.63, 3.8) is 0 Å². The molecule has 5 aromatic rings. The largest absolute Gasteiger partial charge is 0.493 e. The summed E-state index contributed by atoms with van der Waals surface area (Å²) in [7, 11) is 1.48. The van der Waals surface area contributed by atoms with Crippen molar-refractivity contribution in [3.8, 4) is 28.8 Å². The Morgan fingerprint density at radius 2 is 1.76 bits per heavy atom. The third-order valence-corrected chi connectivity index (χ3v) is 5.47.